The summed E-state index contributed by atoms with van der Waals surface area (Å²) in [4.78, 5) is 13.5. The standard InChI is InChI=1S/C11H21N3O/c1-8(2)14(7-6-12)10(15)9(13)11(3,4)5/h8-9H,7,13H2,1-5H3/t9-/m1/s1. The monoisotopic (exact) mass is 211 g/mol. The maximum Gasteiger partial charge on any atom is 0.241 e. The number of nitrogens with two attached hydrogens (primary N) is 1. The highest BCUT2D eigenvalue weighted by Crippen LogP contribution is 2.19. The summed E-state index contributed by atoms with van der Waals surface area (Å²) < 4.78 is 0. The van der Waals surface area contributed by atoms with Crippen LogP contribution in [0.5, 0.6) is 0 Å². The molecule has 0 heterocycles. The van der Waals surface area contributed by atoms with Gasteiger partial charge in [0.1, 0.15) is 6.54 Å². The molecule has 0 aromatic heterocycles. The van der Waals surface area contributed by atoms with E-state index >= 15 is 0 Å². The number of carbonyl (C=O) groups is 1. The zero-order valence-corrected chi connectivity index (χ0v) is 10.2. The lowest BCUT2D eigenvalue weighted by molar-refractivity contribution is -0.135. The maximum atomic E-state index is 12.0. The van der Waals surface area contributed by atoms with E-state index in [1.165, 1.54) is 4.90 Å². The molecule has 0 aromatic carbocycles. The second-order valence-electron chi connectivity index (χ2n) is 5.06. The van der Waals surface area contributed by atoms with Gasteiger partial charge in [-0.3, -0.25) is 4.79 Å². The van der Waals surface area contributed by atoms with Gasteiger partial charge in [0.25, 0.3) is 0 Å². The molecule has 2 N–H and O–H groups in total. The number of amides is 1. The minimum absolute atomic E-state index is 0.00514. The Morgan fingerprint density at radius 2 is 1.93 bits per heavy atom. The van der Waals surface area contributed by atoms with Gasteiger partial charge in [-0.05, 0) is 19.3 Å². The summed E-state index contributed by atoms with van der Waals surface area (Å²) in [5, 5.41) is 8.63. The summed E-state index contributed by atoms with van der Waals surface area (Å²) in [6.07, 6.45) is 0. The summed E-state index contributed by atoms with van der Waals surface area (Å²) in [7, 11) is 0. The normalized spacial score (nSPS) is 13.5. The van der Waals surface area contributed by atoms with Crippen LogP contribution in [-0.2, 0) is 4.79 Å². The van der Waals surface area contributed by atoms with E-state index in [9.17, 15) is 4.79 Å². The van der Waals surface area contributed by atoms with Crippen LogP contribution in [0.25, 0.3) is 0 Å². The van der Waals surface area contributed by atoms with Gasteiger partial charge in [0, 0.05) is 6.04 Å². The predicted molar refractivity (Wildman–Crippen MR) is 59.9 cm³/mol. The van der Waals surface area contributed by atoms with Crippen LogP contribution in [0.1, 0.15) is 34.6 Å². The van der Waals surface area contributed by atoms with E-state index in [1.807, 2.05) is 40.7 Å². The fourth-order valence-electron chi connectivity index (χ4n) is 1.14. The van der Waals surface area contributed by atoms with Gasteiger partial charge >= 0.3 is 0 Å². The van der Waals surface area contributed by atoms with Crippen molar-refractivity contribution in [3.8, 4) is 6.07 Å². The lowest BCUT2D eigenvalue weighted by Gasteiger charge is -2.32. The summed E-state index contributed by atoms with van der Waals surface area (Å²) >= 11 is 0. The first-order valence-electron chi connectivity index (χ1n) is 5.14. The van der Waals surface area contributed by atoms with E-state index in [1.54, 1.807) is 0 Å². The molecule has 4 nitrogen and oxygen atoms in total. The number of carbonyl (C=O) groups excluding carboxylic acids is 1. The number of rotatable bonds is 3. The minimum atomic E-state index is -0.562. The third-order valence-electron chi connectivity index (χ3n) is 2.35. The van der Waals surface area contributed by atoms with Crippen molar-refractivity contribution in [3.05, 3.63) is 0 Å². The van der Waals surface area contributed by atoms with Crippen LogP contribution in [0.4, 0.5) is 0 Å². The SMILES string of the molecule is CC(C)N(CC#N)C(=O)[C@@H](N)C(C)(C)C. The molecule has 86 valence electrons. The van der Waals surface area contributed by atoms with Crippen LogP contribution in [0, 0.1) is 16.7 Å². The number of nitriles is 1. The van der Waals surface area contributed by atoms with Crippen molar-refractivity contribution in [1.29, 1.82) is 5.26 Å². The van der Waals surface area contributed by atoms with E-state index < -0.39 is 6.04 Å². The molecule has 0 aromatic rings. The summed E-state index contributed by atoms with van der Waals surface area (Å²) in [6.45, 7) is 9.61. The van der Waals surface area contributed by atoms with Gasteiger partial charge in [-0.1, -0.05) is 20.8 Å². The van der Waals surface area contributed by atoms with Gasteiger partial charge in [0.05, 0.1) is 12.1 Å². The molecule has 1 amide bonds. The number of hydrogen-bond acceptors (Lipinski definition) is 3. The van der Waals surface area contributed by atoms with E-state index in [2.05, 4.69) is 0 Å². The Bertz CT molecular complexity index is 260. The number of nitrogens with zero attached hydrogens (tertiary/aromatic N) is 2. The molecule has 0 spiro atoms. The van der Waals surface area contributed by atoms with Crippen molar-refractivity contribution in [3.63, 3.8) is 0 Å². The van der Waals surface area contributed by atoms with Gasteiger partial charge in [-0.15, -0.1) is 0 Å². The molecule has 15 heavy (non-hydrogen) atoms. The number of hydrogen-bond donors (Lipinski definition) is 1. The molecule has 1 atom stereocenters. The molecule has 4 heteroatoms. The second-order valence-corrected chi connectivity index (χ2v) is 5.06. The molecule has 0 fully saturated rings. The van der Waals surface area contributed by atoms with Crippen LogP contribution in [0.15, 0.2) is 0 Å². The fourth-order valence-corrected chi connectivity index (χ4v) is 1.14. The highest BCUT2D eigenvalue weighted by molar-refractivity contribution is 5.82. The first kappa shape index (κ1) is 13.9. The first-order valence-corrected chi connectivity index (χ1v) is 5.14. The smallest absolute Gasteiger partial charge is 0.241 e. The van der Waals surface area contributed by atoms with Crippen molar-refractivity contribution in [2.24, 2.45) is 11.1 Å². The lowest BCUT2D eigenvalue weighted by atomic mass is 9.86. The van der Waals surface area contributed by atoms with E-state index in [4.69, 9.17) is 11.0 Å². The van der Waals surface area contributed by atoms with Crippen LogP contribution in [0.3, 0.4) is 0 Å². The first-order chi connectivity index (χ1) is 6.71. The highest BCUT2D eigenvalue weighted by Gasteiger charge is 2.31. The molecule has 0 aliphatic rings. The molecule has 0 rings (SSSR count). The van der Waals surface area contributed by atoms with Crippen LogP contribution in [0.2, 0.25) is 0 Å². The summed E-state index contributed by atoms with van der Waals surface area (Å²) in [5.41, 5.74) is 5.58. The summed E-state index contributed by atoms with van der Waals surface area (Å²) in [6, 6.07) is 1.43. The van der Waals surface area contributed by atoms with E-state index in [0.717, 1.165) is 0 Å². The zero-order chi connectivity index (χ0) is 12.2. The predicted octanol–water partition coefficient (Wildman–Crippen LogP) is 1.12. The average Bonchev–Trinajstić information content (AvgIpc) is 2.09. The van der Waals surface area contributed by atoms with Crippen LogP contribution >= 0.6 is 0 Å². The molecular formula is C11H21N3O. The Kier molecular flexibility index (Phi) is 4.76. The molecule has 0 bridgehead atoms. The third-order valence-corrected chi connectivity index (χ3v) is 2.35. The van der Waals surface area contributed by atoms with E-state index in [-0.39, 0.29) is 23.9 Å². The van der Waals surface area contributed by atoms with Crippen LogP contribution < -0.4 is 5.73 Å². The Hall–Kier alpha value is -1.08. The van der Waals surface area contributed by atoms with Crippen molar-refractivity contribution in [2.45, 2.75) is 46.7 Å². The topological polar surface area (TPSA) is 70.1 Å². The van der Waals surface area contributed by atoms with Gasteiger partial charge in [0.15, 0.2) is 0 Å². The molecular weight excluding hydrogens is 190 g/mol. The van der Waals surface area contributed by atoms with Crippen molar-refractivity contribution in [1.82, 2.24) is 4.90 Å². The van der Waals surface area contributed by atoms with Gasteiger partial charge < -0.3 is 10.6 Å². The maximum absolute atomic E-state index is 12.0. The quantitative estimate of drug-likeness (QED) is 0.711. The van der Waals surface area contributed by atoms with Gasteiger partial charge in [-0.25, -0.2) is 0 Å². The van der Waals surface area contributed by atoms with E-state index in [0.29, 0.717) is 0 Å². The third kappa shape index (κ3) is 3.88. The zero-order valence-electron chi connectivity index (χ0n) is 10.2. The lowest BCUT2D eigenvalue weighted by Crippen LogP contribution is -2.52. The molecule has 0 aliphatic heterocycles. The molecule has 0 aliphatic carbocycles. The van der Waals surface area contributed by atoms with Crippen molar-refractivity contribution in [2.75, 3.05) is 6.54 Å². The molecule has 0 saturated heterocycles. The molecule has 0 unspecified atom stereocenters. The average molecular weight is 211 g/mol. The Morgan fingerprint density at radius 3 is 2.20 bits per heavy atom. The van der Waals surface area contributed by atoms with Crippen LogP contribution in [-0.4, -0.2) is 29.4 Å². The Morgan fingerprint density at radius 1 is 1.47 bits per heavy atom. The molecule has 0 radical (unpaired) electrons. The minimum Gasteiger partial charge on any atom is -0.326 e. The summed E-state index contributed by atoms with van der Waals surface area (Å²) in [5.74, 6) is -0.154. The second kappa shape index (κ2) is 5.13. The highest BCUT2D eigenvalue weighted by atomic mass is 16.2. The molecule has 0 saturated carbocycles. The van der Waals surface area contributed by atoms with Crippen molar-refractivity contribution >= 4 is 5.91 Å². The Labute approximate surface area is 92.0 Å². The van der Waals surface area contributed by atoms with Crippen molar-refractivity contribution < 1.29 is 4.79 Å². The van der Waals surface area contributed by atoms with Gasteiger partial charge in [0.2, 0.25) is 5.91 Å². The fraction of sp³-hybridized carbons (Fsp3) is 0.818. The Balaban J connectivity index is 4.73. The van der Waals surface area contributed by atoms with Gasteiger partial charge in [-0.2, -0.15) is 5.26 Å². The largest absolute Gasteiger partial charge is 0.326 e.